The number of hydrogen-bond donors (Lipinski definition) is 0. The van der Waals surface area contributed by atoms with E-state index in [2.05, 4.69) is 117 Å². The quantitative estimate of drug-likeness (QED) is 0.120. The Morgan fingerprint density at radius 2 is 1.18 bits per heavy atom. The molecule has 0 saturated heterocycles. The van der Waals surface area contributed by atoms with Crippen molar-refractivity contribution < 1.29 is 19.2 Å². The topological polar surface area (TPSA) is 73.2 Å². The van der Waals surface area contributed by atoms with Gasteiger partial charge >= 0.3 is 12.3 Å². The highest BCUT2D eigenvalue weighted by Gasteiger charge is 2.28. The van der Waals surface area contributed by atoms with Gasteiger partial charge in [-0.2, -0.15) is 19.2 Å². The Morgan fingerprint density at radius 3 is 1.74 bits per heavy atom. The number of carbonyl (C=O) groups excluding carboxylic acids is 4. The first-order chi connectivity index (χ1) is 27.8. The fraction of sp³-hybridized carbons (Fsp3) is 0.362. The highest BCUT2D eigenvalue weighted by atomic mass is 79.9. The average Bonchev–Trinajstić information content (AvgIpc) is 3.70. The maximum absolute atomic E-state index is 8.12. The highest BCUT2D eigenvalue weighted by Crippen LogP contribution is 2.46. The first kappa shape index (κ1) is 46.6. The minimum Gasteiger partial charge on any atom is -0.325 e. The van der Waals surface area contributed by atoms with Gasteiger partial charge in [0.1, 0.15) is 0 Å². The fourth-order valence-electron chi connectivity index (χ4n) is 7.97. The molecule has 8 rings (SSSR count). The molecule has 1 heterocycles. The number of benzene rings is 4. The molecule has 0 bridgehead atoms. The molecule has 2 fully saturated rings. The summed E-state index contributed by atoms with van der Waals surface area (Å²) in [4.78, 5) is 35.1. The lowest BCUT2D eigenvalue weighted by molar-refractivity contribution is -0.193. The lowest BCUT2D eigenvalue weighted by atomic mass is 9.82. The molecular weight excluding hydrogens is 902 g/mol. The van der Waals surface area contributed by atoms with Crippen molar-refractivity contribution in [3.63, 3.8) is 0 Å². The van der Waals surface area contributed by atoms with Gasteiger partial charge in [-0.05, 0) is 125 Å². The Morgan fingerprint density at radius 1 is 0.667 bits per heavy atom. The molecular formula is C47H50Br2ClNO4S2. The number of alkyl halides is 1. The molecule has 1 aromatic heterocycles. The number of fused-ring (bicyclic) bond motifs is 2. The maximum atomic E-state index is 8.12. The van der Waals surface area contributed by atoms with Gasteiger partial charge in [-0.3, -0.25) is 0 Å². The molecule has 4 aromatic carbocycles. The van der Waals surface area contributed by atoms with Gasteiger partial charge in [0.2, 0.25) is 0 Å². The third-order valence-corrected chi connectivity index (χ3v) is 14.1. The van der Waals surface area contributed by atoms with Gasteiger partial charge in [0.05, 0.1) is 21.2 Å². The fourth-order valence-corrected chi connectivity index (χ4v) is 11.6. The molecule has 3 aliphatic rings. The van der Waals surface area contributed by atoms with E-state index in [0.29, 0.717) is 11.1 Å². The highest BCUT2D eigenvalue weighted by molar-refractivity contribution is 9.11. The summed E-state index contributed by atoms with van der Waals surface area (Å²) in [5, 5.41) is 2.07. The van der Waals surface area contributed by atoms with E-state index in [0.717, 1.165) is 18.2 Å². The van der Waals surface area contributed by atoms with Crippen molar-refractivity contribution in [2.45, 2.75) is 106 Å². The number of hydrogen-bond acceptors (Lipinski definition) is 6. The lowest BCUT2D eigenvalue weighted by Gasteiger charge is -2.24. The lowest BCUT2D eigenvalue weighted by Crippen LogP contribution is -2.08. The molecule has 5 aromatic rings. The van der Waals surface area contributed by atoms with Gasteiger partial charge in [0.15, 0.2) is 0 Å². The van der Waals surface area contributed by atoms with Crippen LogP contribution in [0.2, 0.25) is 0 Å². The second-order valence-electron chi connectivity index (χ2n) is 14.3. The van der Waals surface area contributed by atoms with Crippen molar-refractivity contribution >= 4 is 95.8 Å². The monoisotopic (exact) mass is 949 g/mol. The summed E-state index contributed by atoms with van der Waals surface area (Å²) in [5.74, 6) is 2.45. The van der Waals surface area contributed by atoms with Crippen LogP contribution in [0, 0.1) is 19.8 Å². The van der Waals surface area contributed by atoms with Crippen LogP contribution in [-0.4, -0.2) is 22.1 Å². The Hall–Kier alpha value is -3.13. The number of allylic oxidation sites excluding steroid dienone is 2. The minimum absolute atomic E-state index is 0.250. The van der Waals surface area contributed by atoms with E-state index in [4.69, 9.17) is 30.8 Å². The molecule has 0 aliphatic heterocycles. The summed E-state index contributed by atoms with van der Waals surface area (Å²) in [6.07, 6.45) is 15.4. The summed E-state index contributed by atoms with van der Waals surface area (Å²) >= 11 is 16.8. The van der Waals surface area contributed by atoms with E-state index < -0.39 is 0 Å². The van der Waals surface area contributed by atoms with Crippen LogP contribution in [-0.2, 0) is 31.5 Å². The van der Waals surface area contributed by atoms with E-state index in [9.17, 15) is 0 Å². The largest absolute Gasteiger partial charge is 0.373 e. The van der Waals surface area contributed by atoms with Crippen molar-refractivity contribution in [2.75, 3.05) is 5.21 Å². The van der Waals surface area contributed by atoms with Gasteiger partial charge in [-0.1, -0.05) is 127 Å². The van der Waals surface area contributed by atoms with Crippen molar-refractivity contribution in [3.8, 4) is 0 Å². The van der Waals surface area contributed by atoms with Crippen LogP contribution in [0.4, 0.5) is 0 Å². The van der Waals surface area contributed by atoms with E-state index in [-0.39, 0.29) is 12.3 Å². The van der Waals surface area contributed by atoms with Gasteiger partial charge in [-0.15, -0.1) is 35.1 Å². The van der Waals surface area contributed by atoms with E-state index in [1.807, 2.05) is 42.1 Å². The molecule has 3 aliphatic carbocycles. The molecule has 0 spiro atoms. The Balaban J connectivity index is 0.000000193. The second kappa shape index (κ2) is 25.4. The van der Waals surface area contributed by atoms with Crippen LogP contribution in [0.15, 0.2) is 116 Å². The van der Waals surface area contributed by atoms with Crippen LogP contribution >= 0.6 is 67.0 Å². The van der Waals surface area contributed by atoms with Crippen molar-refractivity contribution in [3.05, 3.63) is 134 Å². The van der Waals surface area contributed by atoms with Gasteiger partial charge < -0.3 is 4.57 Å². The molecule has 0 atom stereocenters. The van der Waals surface area contributed by atoms with Crippen LogP contribution in [0.5, 0.6) is 0 Å². The van der Waals surface area contributed by atoms with Crippen LogP contribution in [0.3, 0.4) is 0 Å². The zero-order valence-corrected chi connectivity index (χ0v) is 38.2. The summed E-state index contributed by atoms with van der Waals surface area (Å²) in [5.41, 5.74) is 10.3. The molecule has 0 N–H and O–H groups in total. The molecule has 0 amide bonds. The third-order valence-electron chi connectivity index (χ3n) is 10.5. The zero-order chi connectivity index (χ0) is 41.0. The smallest absolute Gasteiger partial charge is 0.325 e. The van der Waals surface area contributed by atoms with Gasteiger partial charge in [0, 0.05) is 26.1 Å². The third kappa shape index (κ3) is 14.0. The SMILES string of the molecule is Cc1ccc2c(C3CCCCC3)c(Br)n(CSc3ccccc3)c2c1.Cc1ccc2c(c1)CC(Br)=C2C1CCCCC1.ClCSc1ccccc1.O=C=O.O=C=O. The minimum atomic E-state index is 0.250. The van der Waals surface area contributed by atoms with Gasteiger partial charge in [-0.25, -0.2) is 0 Å². The number of thioether (sulfide) groups is 2. The summed E-state index contributed by atoms with van der Waals surface area (Å²) < 4.78 is 5.21. The normalized spacial score (nSPS) is 14.9. The van der Waals surface area contributed by atoms with Crippen molar-refractivity contribution in [1.29, 1.82) is 0 Å². The number of aromatic nitrogens is 1. The summed E-state index contributed by atoms with van der Waals surface area (Å²) in [6.45, 7) is 4.38. The Labute approximate surface area is 368 Å². The van der Waals surface area contributed by atoms with E-state index in [1.54, 1.807) is 22.9 Å². The summed E-state index contributed by atoms with van der Waals surface area (Å²) in [7, 11) is 0. The van der Waals surface area contributed by atoms with Crippen LogP contribution < -0.4 is 0 Å². The molecule has 5 nitrogen and oxygen atoms in total. The predicted molar refractivity (Wildman–Crippen MR) is 243 cm³/mol. The zero-order valence-electron chi connectivity index (χ0n) is 32.6. The molecule has 300 valence electrons. The molecule has 10 heteroatoms. The van der Waals surface area contributed by atoms with Crippen molar-refractivity contribution in [2.24, 2.45) is 5.92 Å². The molecule has 0 radical (unpaired) electrons. The first-order valence-electron chi connectivity index (χ1n) is 19.4. The maximum Gasteiger partial charge on any atom is 0.373 e. The summed E-state index contributed by atoms with van der Waals surface area (Å²) in [6, 6.07) is 34.7. The van der Waals surface area contributed by atoms with Crippen molar-refractivity contribution in [1.82, 2.24) is 4.57 Å². The van der Waals surface area contributed by atoms with E-state index in [1.165, 1.54) is 116 Å². The van der Waals surface area contributed by atoms with E-state index >= 15 is 0 Å². The second-order valence-corrected chi connectivity index (χ2v) is 18.7. The standard InChI is InChI=1S/C22H24BrNS.C16H19Br.C7H7ClS.2CO2/c1-16-12-13-19-20(14-16)24(15-25-18-10-6-3-7-11-18)22(23)21(19)17-8-4-2-5-9-17;1-11-7-8-14-13(9-11)10-15(17)16(14)12-5-3-2-4-6-12;8-6-9-7-4-2-1-3-5-7;2*2-1-3/h3,6-7,10-14,17H,2,4-5,8-9,15H2,1H3;7-9,12H,2-6,10H2,1H3;1-5H,6H2;;. The number of nitrogens with zero attached hydrogens (tertiary/aromatic N) is 1. The molecule has 2 saturated carbocycles. The number of aryl methyl sites for hydroxylation is 2. The van der Waals surface area contributed by atoms with Crippen LogP contribution in [0.25, 0.3) is 16.5 Å². The molecule has 0 unspecified atom stereocenters. The molecule has 57 heavy (non-hydrogen) atoms. The predicted octanol–water partition coefficient (Wildman–Crippen LogP) is 14.6. The van der Waals surface area contributed by atoms with Gasteiger partial charge in [0.25, 0.3) is 0 Å². The first-order valence-corrected chi connectivity index (χ1v) is 23.5. The Bertz CT molecular complexity index is 2090. The number of rotatable bonds is 7. The average molecular weight is 952 g/mol. The van der Waals surface area contributed by atoms with Crippen LogP contribution in [0.1, 0.15) is 97.9 Å². The number of halogens is 3. The Kier molecular flexibility index (Phi) is 20.7.